The SMILES string of the molecule is CCN(CC(=O)Nc1cc(Cl)ccc1C)C(=O)C[NH+]1CCc2sccc2[C@H]1C. The number of nitrogens with one attached hydrogen (secondary N) is 2. The molecule has 150 valence electrons. The molecule has 1 aromatic heterocycles. The number of likely N-dealkylation sites (N-methyl/N-ethyl adjacent to an activating group) is 1. The number of quaternary nitrogens is 1. The van der Waals surface area contributed by atoms with Gasteiger partial charge in [0.2, 0.25) is 5.91 Å². The highest BCUT2D eigenvalue weighted by Crippen LogP contribution is 2.24. The van der Waals surface area contributed by atoms with E-state index in [1.165, 1.54) is 15.3 Å². The number of carbonyl (C=O) groups is 2. The molecule has 2 N–H and O–H groups in total. The van der Waals surface area contributed by atoms with Gasteiger partial charge in [-0.15, -0.1) is 11.3 Å². The van der Waals surface area contributed by atoms with Crippen molar-refractivity contribution in [3.63, 3.8) is 0 Å². The Morgan fingerprint density at radius 2 is 2.14 bits per heavy atom. The summed E-state index contributed by atoms with van der Waals surface area (Å²) < 4.78 is 0. The molecule has 1 unspecified atom stereocenters. The first-order valence-corrected chi connectivity index (χ1v) is 10.9. The van der Waals surface area contributed by atoms with E-state index in [0.29, 0.717) is 29.8 Å². The van der Waals surface area contributed by atoms with E-state index in [-0.39, 0.29) is 18.4 Å². The molecule has 0 aliphatic carbocycles. The van der Waals surface area contributed by atoms with Gasteiger partial charge in [-0.1, -0.05) is 17.7 Å². The summed E-state index contributed by atoms with van der Waals surface area (Å²) in [7, 11) is 0. The number of halogens is 1. The van der Waals surface area contributed by atoms with E-state index in [9.17, 15) is 9.59 Å². The molecule has 7 heteroatoms. The number of thiophene rings is 1. The van der Waals surface area contributed by atoms with Crippen LogP contribution in [0.4, 0.5) is 5.69 Å². The minimum Gasteiger partial charge on any atom is -0.329 e. The van der Waals surface area contributed by atoms with E-state index in [2.05, 4.69) is 23.7 Å². The van der Waals surface area contributed by atoms with Crippen molar-refractivity contribution in [2.24, 2.45) is 0 Å². The lowest BCUT2D eigenvalue weighted by atomic mass is 10.0. The summed E-state index contributed by atoms with van der Waals surface area (Å²) in [6.45, 7) is 7.91. The number of carbonyl (C=O) groups excluding carboxylic acids is 2. The molecule has 0 radical (unpaired) electrons. The van der Waals surface area contributed by atoms with E-state index in [1.54, 1.807) is 28.4 Å². The van der Waals surface area contributed by atoms with Crippen molar-refractivity contribution in [3.8, 4) is 0 Å². The van der Waals surface area contributed by atoms with Gasteiger partial charge < -0.3 is 15.1 Å². The van der Waals surface area contributed by atoms with Gasteiger partial charge >= 0.3 is 0 Å². The first-order chi connectivity index (χ1) is 13.4. The molecule has 28 heavy (non-hydrogen) atoms. The van der Waals surface area contributed by atoms with Crippen molar-refractivity contribution in [1.82, 2.24) is 4.90 Å². The minimum absolute atomic E-state index is 0.0148. The van der Waals surface area contributed by atoms with Crippen LogP contribution in [0.3, 0.4) is 0 Å². The van der Waals surface area contributed by atoms with Gasteiger partial charge in [-0.05, 0) is 49.9 Å². The fourth-order valence-corrected chi connectivity index (χ4v) is 4.82. The second kappa shape index (κ2) is 9.07. The van der Waals surface area contributed by atoms with Crippen molar-refractivity contribution in [3.05, 3.63) is 50.7 Å². The van der Waals surface area contributed by atoms with Gasteiger partial charge in [-0.25, -0.2) is 0 Å². The molecule has 2 amide bonds. The molecule has 3 rings (SSSR count). The molecule has 1 aromatic carbocycles. The molecule has 2 atom stereocenters. The van der Waals surface area contributed by atoms with E-state index < -0.39 is 0 Å². The zero-order valence-corrected chi connectivity index (χ0v) is 18.1. The number of hydrogen-bond donors (Lipinski definition) is 2. The van der Waals surface area contributed by atoms with Gasteiger partial charge in [0.05, 0.1) is 6.54 Å². The molecule has 0 spiro atoms. The normalized spacial score (nSPS) is 18.4. The largest absolute Gasteiger partial charge is 0.329 e. The van der Waals surface area contributed by atoms with Crippen LogP contribution in [0.5, 0.6) is 0 Å². The molecule has 2 heterocycles. The number of amides is 2. The summed E-state index contributed by atoms with van der Waals surface area (Å²) in [6.07, 6.45) is 1.01. The van der Waals surface area contributed by atoms with Gasteiger partial charge in [-0.3, -0.25) is 9.59 Å². The smallest absolute Gasteiger partial charge is 0.278 e. The van der Waals surface area contributed by atoms with E-state index >= 15 is 0 Å². The maximum absolute atomic E-state index is 12.9. The Balaban J connectivity index is 1.59. The van der Waals surface area contributed by atoms with Gasteiger partial charge in [0, 0.05) is 34.1 Å². The highest BCUT2D eigenvalue weighted by molar-refractivity contribution is 7.10. The Morgan fingerprint density at radius 1 is 1.36 bits per heavy atom. The maximum atomic E-state index is 12.9. The third-order valence-corrected chi connectivity index (χ3v) is 6.68. The molecule has 0 bridgehead atoms. The van der Waals surface area contributed by atoms with Crippen LogP contribution in [0, 0.1) is 6.92 Å². The van der Waals surface area contributed by atoms with Gasteiger partial charge in [0.1, 0.15) is 12.6 Å². The number of benzene rings is 1. The number of fused-ring (bicyclic) bond motifs is 1. The molecule has 1 aliphatic rings. The Hall–Kier alpha value is -1.89. The van der Waals surface area contributed by atoms with Gasteiger partial charge in [0.25, 0.3) is 5.91 Å². The number of anilines is 1. The van der Waals surface area contributed by atoms with Crippen LogP contribution < -0.4 is 10.2 Å². The number of aryl methyl sites for hydroxylation is 1. The van der Waals surface area contributed by atoms with Gasteiger partial charge in [0.15, 0.2) is 6.54 Å². The molecular formula is C21H27ClN3O2S+. The van der Waals surface area contributed by atoms with Crippen LogP contribution in [0.25, 0.3) is 0 Å². The molecule has 5 nitrogen and oxygen atoms in total. The van der Waals surface area contributed by atoms with E-state index in [4.69, 9.17) is 11.6 Å². The Kier molecular flexibility index (Phi) is 6.75. The lowest BCUT2D eigenvalue weighted by molar-refractivity contribution is -0.924. The second-order valence-corrected chi connectivity index (χ2v) is 8.71. The van der Waals surface area contributed by atoms with Crippen LogP contribution in [-0.4, -0.2) is 42.9 Å². The van der Waals surface area contributed by atoms with E-state index in [1.807, 2.05) is 19.9 Å². The van der Waals surface area contributed by atoms with Gasteiger partial charge in [-0.2, -0.15) is 0 Å². The lowest BCUT2D eigenvalue weighted by Crippen LogP contribution is -3.14. The third kappa shape index (κ3) is 4.74. The van der Waals surface area contributed by atoms with Crippen LogP contribution in [0.15, 0.2) is 29.6 Å². The Labute approximate surface area is 175 Å². The molecule has 1 aliphatic heterocycles. The predicted molar refractivity (Wildman–Crippen MR) is 114 cm³/mol. The molecule has 0 saturated carbocycles. The van der Waals surface area contributed by atoms with Crippen LogP contribution in [0.1, 0.15) is 35.9 Å². The lowest BCUT2D eigenvalue weighted by Gasteiger charge is -2.31. The summed E-state index contributed by atoms with van der Waals surface area (Å²) in [4.78, 5) is 29.7. The molecule has 2 aromatic rings. The maximum Gasteiger partial charge on any atom is 0.278 e. The molecule has 0 fully saturated rings. The van der Waals surface area contributed by atoms with E-state index in [0.717, 1.165) is 18.5 Å². The number of rotatable bonds is 6. The van der Waals surface area contributed by atoms with Crippen molar-refractivity contribution in [2.75, 3.05) is 31.5 Å². The zero-order chi connectivity index (χ0) is 20.3. The summed E-state index contributed by atoms with van der Waals surface area (Å²) in [6, 6.07) is 7.86. The molecular weight excluding hydrogens is 394 g/mol. The standard InChI is InChI=1S/C21H26ClN3O2S/c1-4-24(12-20(26)23-18-11-16(22)6-5-14(18)2)21(27)13-25-9-7-19-17(15(25)3)8-10-28-19/h5-6,8,10-11,15H,4,7,9,12-13H2,1-3H3,(H,23,26)/p+1/t15-/m1/s1. The quantitative estimate of drug-likeness (QED) is 0.754. The van der Waals surface area contributed by atoms with Crippen LogP contribution in [0.2, 0.25) is 5.02 Å². The second-order valence-electron chi connectivity index (χ2n) is 7.27. The monoisotopic (exact) mass is 420 g/mol. The molecule has 0 saturated heterocycles. The summed E-state index contributed by atoms with van der Waals surface area (Å²) in [5.74, 6) is -0.191. The average molecular weight is 421 g/mol. The fourth-order valence-electron chi connectivity index (χ4n) is 3.67. The van der Waals surface area contributed by atoms with Crippen LogP contribution in [-0.2, 0) is 16.0 Å². The topological polar surface area (TPSA) is 53.9 Å². The van der Waals surface area contributed by atoms with Crippen molar-refractivity contribution in [1.29, 1.82) is 0 Å². The zero-order valence-electron chi connectivity index (χ0n) is 16.5. The first kappa shape index (κ1) is 20.8. The Morgan fingerprint density at radius 3 is 2.89 bits per heavy atom. The van der Waals surface area contributed by atoms with Crippen molar-refractivity contribution < 1.29 is 14.5 Å². The third-order valence-electron chi connectivity index (χ3n) is 5.45. The number of hydrogen-bond acceptors (Lipinski definition) is 3. The van der Waals surface area contributed by atoms with Crippen molar-refractivity contribution in [2.45, 2.75) is 33.2 Å². The highest BCUT2D eigenvalue weighted by atomic mass is 35.5. The summed E-state index contributed by atoms with van der Waals surface area (Å²) >= 11 is 7.82. The fraction of sp³-hybridized carbons (Fsp3) is 0.429. The van der Waals surface area contributed by atoms with Crippen LogP contribution >= 0.6 is 22.9 Å². The minimum atomic E-state index is -0.206. The average Bonchev–Trinajstić information content (AvgIpc) is 3.14. The summed E-state index contributed by atoms with van der Waals surface area (Å²) in [5, 5.41) is 5.57. The highest BCUT2D eigenvalue weighted by Gasteiger charge is 2.31. The first-order valence-electron chi connectivity index (χ1n) is 9.63. The van der Waals surface area contributed by atoms with Crippen molar-refractivity contribution >= 4 is 40.4 Å². The number of nitrogens with zero attached hydrogens (tertiary/aromatic N) is 1. The predicted octanol–water partition coefficient (Wildman–Crippen LogP) is 2.70. The summed E-state index contributed by atoms with van der Waals surface area (Å²) in [5.41, 5.74) is 2.97. The Bertz CT molecular complexity index is 867.